The molecule has 0 aliphatic carbocycles. The van der Waals surface area contributed by atoms with Crippen molar-refractivity contribution in [1.82, 2.24) is 14.5 Å². The minimum Gasteiger partial charge on any atom is -0.495 e. The number of aromatic nitrogens is 2. The molecular formula is C33H39N3O3. The highest BCUT2D eigenvalue weighted by atomic mass is 16.5. The molecule has 0 aliphatic rings. The highest BCUT2D eigenvalue weighted by Gasteiger charge is 2.27. The largest absolute Gasteiger partial charge is 0.495 e. The standard InChI is InChI=1S/C33H39N3O3/c1-5-6-7-13-22-35(31(37)21-19-26-14-9-8-10-15-26)25(3)32-34-28-17-12-11-16-27(28)33(38)36(32)29-23-24(2)18-20-30(29)39-4/h8-12,14-18,20,23,25H,5-7,13,19,21-22H2,1-4H3. The molecule has 0 radical (unpaired) electrons. The minimum absolute atomic E-state index is 0.0630. The summed E-state index contributed by atoms with van der Waals surface area (Å²) in [5.41, 5.74) is 3.21. The lowest BCUT2D eigenvalue weighted by Crippen LogP contribution is -2.38. The highest BCUT2D eigenvalue weighted by Crippen LogP contribution is 2.29. The molecule has 6 nitrogen and oxygen atoms in total. The number of unbranched alkanes of at least 4 members (excludes halogenated alkanes) is 3. The van der Waals surface area contributed by atoms with E-state index in [0.29, 0.717) is 47.6 Å². The summed E-state index contributed by atoms with van der Waals surface area (Å²) in [7, 11) is 1.60. The molecule has 0 spiro atoms. The molecule has 1 heterocycles. The zero-order chi connectivity index (χ0) is 27.8. The average molecular weight is 526 g/mol. The van der Waals surface area contributed by atoms with Gasteiger partial charge in [0.05, 0.1) is 29.7 Å². The number of aryl methyl sites for hydroxylation is 2. The zero-order valence-electron chi connectivity index (χ0n) is 23.5. The number of hydrogen-bond donors (Lipinski definition) is 0. The molecule has 0 fully saturated rings. The van der Waals surface area contributed by atoms with Gasteiger partial charge in [0.25, 0.3) is 5.56 Å². The van der Waals surface area contributed by atoms with Gasteiger partial charge < -0.3 is 9.64 Å². The van der Waals surface area contributed by atoms with Crippen LogP contribution in [0.3, 0.4) is 0 Å². The Morgan fingerprint density at radius 3 is 2.49 bits per heavy atom. The molecule has 204 valence electrons. The van der Waals surface area contributed by atoms with Gasteiger partial charge in [-0.3, -0.25) is 14.2 Å². The lowest BCUT2D eigenvalue weighted by atomic mass is 10.1. The molecule has 3 aromatic carbocycles. The molecule has 4 aromatic rings. The van der Waals surface area contributed by atoms with Crippen molar-refractivity contribution in [2.75, 3.05) is 13.7 Å². The van der Waals surface area contributed by atoms with Crippen LogP contribution in [0.4, 0.5) is 0 Å². The van der Waals surface area contributed by atoms with Crippen LogP contribution >= 0.6 is 0 Å². The SMILES string of the molecule is CCCCCCN(C(=O)CCc1ccccc1)C(C)c1nc2ccccc2c(=O)n1-c1cc(C)ccc1OC. The second kappa shape index (κ2) is 13.2. The molecular weight excluding hydrogens is 486 g/mol. The number of para-hydroxylation sites is 1. The Morgan fingerprint density at radius 1 is 1.00 bits per heavy atom. The van der Waals surface area contributed by atoms with Crippen LogP contribution in [0.1, 0.15) is 68.9 Å². The number of carbonyl (C=O) groups excluding carboxylic acids is 1. The quantitative estimate of drug-likeness (QED) is 0.191. The summed E-state index contributed by atoms with van der Waals surface area (Å²) in [4.78, 5) is 34.7. The lowest BCUT2D eigenvalue weighted by Gasteiger charge is -2.31. The van der Waals surface area contributed by atoms with Gasteiger partial charge in [-0.25, -0.2) is 4.98 Å². The van der Waals surface area contributed by atoms with E-state index in [1.165, 1.54) is 0 Å². The minimum atomic E-state index is -0.419. The molecule has 1 atom stereocenters. The molecule has 4 rings (SSSR count). The van der Waals surface area contributed by atoms with Crippen LogP contribution in [0.25, 0.3) is 16.6 Å². The Balaban J connectivity index is 1.80. The van der Waals surface area contributed by atoms with Gasteiger partial charge in [0, 0.05) is 13.0 Å². The van der Waals surface area contributed by atoms with E-state index in [4.69, 9.17) is 9.72 Å². The van der Waals surface area contributed by atoms with Crippen molar-refractivity contribution in [2.24, 2.45) is 0 Å². The van der Waals surface area contributed by atoms with E-state index in [1.54, 1.807) is 17.7 Å². The molecule has 0 saturated heterocycles. The first-order valence-electron chi connectivity index (χ1n) is 13.9. The third kappa shape index (κ3) is 6.56. The van der Waals surface area contributed by atoms with Crippen molar-refractivity contribution in [1.29, 1.82) is 0 Å². The van der Waals surface area contributed by atoms with E-state index in [2.05, 4.69) is 19.1 Å². The second-order valence-electron chi connectivity index (χ2n) is 10.1. The van der Waals surface area contributed by atoms with Gasteiger partial charge in [0.1, 0.15) is 11.6 Å². The third-order valence-corrected chi connectivity index (χ3v) is 7.26. The average Bonchev–Trinajstić information content (AvgIpc) is 2.96. The number of nitrogens with zero attached hydrogens (tertiary/aromatic N) is 3. The van der Waals surface area contributed by atoms with Crippen LogP contribution in [0, 0.1) is 6.92 Å². The van der Waals surface area contributed by atoms with Gasteiger partial charge in [-0.1, -0.05) is 74.7 Å². The fraction of sp³-hybridized carbons (Fsp3) is 0.364. The lowest BCUT2D eigenvalue weighted by molar-refractivity contribution is -0.133. The summed E-state index contributed by atoms with van der Waals surface area (Å²) >= 11 is 0. The van der Waals surface area contributed by atoms with Gasteiger partial charge in [-0.05, 0) is 62.1 Å². The molecule has 1 aromatic heterocycles. The fourth-order valence-corrected chi connectivity index (χ4v) is 5.06. The number of carbonyl (C=O) groups is 1. The Kier molecular flexibility index (Phi) is 9.53. The van der Waals surface area contributed by atoms with Gasteiger partial charge in [-0.15, -0.1) is 0 Å². The molecule has 0 aliphatic heterocycles. The summed E-state index contributed by atoms with van der Waals surface area (Å²) < 4.78 is 7.32. The summed E-state index contributed by atoms with van der Waals surface area (Å²) in [6.07, 6.45) is 5.27. The van der Waals surface area contributed by atoms with Crippen LogP contribution in [0.5, 0.6) is 5.75 Å². The van der Waals surface area contributed by atoms with Gasteiger partial charge >= 0.3 is 0 Å². The first-order valence-corrected chi connectivity index (χ1v) is 13.9. The van der Waals surface area contributed by atoms with E-state index in [1.807, 2.05) is 73.3 Å². The topological polar surface area (TPSA) is 64.4 Å². The van der Waals surface area contributed by atoms with Crippen LogP contribution in [-0.2, 0) is 11.2 Å². The molecule has 1 amide bonds. The first-order chi connectivity index (χ1) is 18.9. The van der Waals surface area contributed by atoms with Gasteiger partial charge in [0.2, 0.25) is 5.91 Å². The Hall–Kier alpha value is -3.93. The van der Waals surface area contributed by atoms with Crippen molar-refractivity contribution >= 4 is 16.8 Å². The van der Waals surface area contributed by atoms with Gasteiger partial charge in [-0.2, -0.15) is 0 Å². The zero-order valence-corrected chi connectivity index (χ0v) is 23.5. The molecule has 1 unspecified atom stereocenters. The number of fused-ring (bicyclic) bond motifs is 1. The predicted molar refractivity (Wildman–Crippen MR) is 158 cm³/mol. The third-order valence-electron chi connectivity index (χ3n) is 7.26. The molecule has 6 heteroatoms. The van der Waals surface area contributed by atoms with Crippen LogP contribution in [0.2, 0.25) is 0 Å². The Morgan fingerprint density at radius 2 is 1.74 bits per heavy atom. The Labute approximate surface area is 231 Å². The van der Waals surface area contributed by atoms with Crippen molar-refractivity contribution in [2.45, 2.75) is 65.3 Å². The number of amides is 1. The van der Waals surface area contributed by atoms with E-state index in [-0.39, 0.29) is 11.5 Å². The number of methoxy groups -OCH3 is 1. The smallest absolute Gasteiger partial charge is 0.266 e. The summed E-state index contributed by atoms with van der Waals surface area (Å²) in [6, 6.07) is 22.8. The maximum absolute atomic E-state index is 14.0. The summed E-state index contributed by atoms with van der Waals surface area (Å²) in [6.45, 7) is 6.76. The molecule has 0 N–H and O–H groups in total. The van der Waals surface area contributed by atoms with Crippen LogP contribution in [-0.4, -0.2) is 34.0 Å². The normalized spacial score (nSPS) is 11.9. The predicted octanol–water partition coefficient (Wildman–Crippen LogP) is 6.81. The number of hydrogen-bond acceptors (Lipinski definition) is 4. The van der Waals surface area contributed by atoms with E-state index in [0.717, 1.165) is 36.8 Å². The van der Waals surface area contributed by atoms with Crippen LogP contribution < -0.4 is 10.3 Å². The molecule has 0 saturated carbocycles. The highest BCUT2D eigenvalue weighted by molar-refractivity contribution is 5.79. The van der Waals surface area contributed by atoms with E-state index < -0.39 is 6.04 Å². The summed E-state index contributed by atoms with van der Waals surface area (Å²) in [5, 5.41) is 0.530. The van der Waals surface area contributed by atoms with E-state index in [9.17, 15) is 9.59 Å². The van der Waals surface area contributed by atoms with Crippen molar-refractivity contribution in [3.8, 4) is 11.4 Å². The number of rotatable bonds is 12. The summed E-state index contributed by atoms with van der Waals surface area (Å²) in [5.74, 6) is 1.18. The first kappa shape index (κ1) is 28.1. The maximum atomic E-state index is 14.0. The van der Waals surface area contributed by atoms with Crippen LogP contribution in [0.15, 0.2) is 77.6 Å². The maximum Gasteiger partial charge on any atom is 0.266 e. The van der Waals surface area contributed by atoms with Gasteiger partial charge in [0.15, 0.2) is 0 Å². The van der Waals surface area contributed by atoms with Crippen molar-refractivity contribution < 1.29 is 9.53 Å². The monoisotopic (exact) mass is 525 g/mol. The fourth-order valence-electron chi connectivity index (χ4n) is 5.06. The van der Waals surface area contributed by atoms with Crippen molar-refractivity contribution in [3.05, 3.63) is 100 Å². The second-order valence-corrected chi connectivity index (χ2v) is 10.1. The molecule has 0 bridgehead atoms. The van der Waals surface area contributed by atoms with Crippen molar-refractivity contribution in [3.63, 3.8) is 0 Å². The van der Waals surface area contributed by atoms with E-state index >= 15 is 0 Å². The number of benzene rings is 3. The number of ether oxygens (including phenoxy) is 1. The molecule has 39 heavy (non-hydrogen) atoms. The Bertz CT molecular complexity index is 1460.